The van der Waals surface area contributed by atoms with Gasteiger partial charge < -0.3 is 14.4 Å². The van der Waals surface area contributed by atoms with E-state index in [2.05, 4.69) is 0 Å². The number of likely N-dealkylation sites (tertiary alicyclic amines) is 1. The van der Waals surface area contributed by atoms with Crippen LogP contribution < -0.4 is 0 Å². The second kappa shape index (κ2) is 5.30. The maximum absolute atomic E-state index is 12.9. The van der Waals surface area contributed by atoms with Gasteiger partial charge in [-0.25, -0.2) is 0 Å². The van der Waals surface area contributed by atoms with E-state index in [0.717, 1.165) is 24.4 Å². The van der Waals surface area contributed by atoms with E-state index >= 15 is 0 Å². The van der Waals surface area contributed by atoms with Crippen molar-refractivity contribution < 1.29 is 22.6 Å². The molecule has 0 aromatic carbocycles. The third-order valence-corrected chi connectivity index (χ3v) is 3.88. The molecular weight excluding hydrogens is 267 g/mol. The quantitative estimate of drug-likeness (QED) is 0.737. The number of hydrogen-bond donors (Lipinski definition) is 0. The topological polar surface area (TPSA) is 21.7 Å². The van der Waals surface area contributed by atoms with Gasteiger partial charge in [-0.1, -0.05) is 12.2 Å². The summed E-state index contributed by atoms with van der Waals surface area (Å²) in [6.07, 6.45) is -2.68. The van der Waals surface area contributed by atoms with Gasteiger partial charge in [0.1, 0.15) is 0 Å². The Bertz CT molecular complexity index is 316. The first-order valence-electron chi connectivity index (χ1n) is 6.01. The van der Waals surface area contributed by atoms with Crippen molar-refractivity contribution in [3.05, 3.63) is 0 Å². The second-order valence-corrected chi connectivity index (χ2v) is 5.10. The molecule has 0 radical (unpaired) electrons. The Kier molecular flexibility index (Phi) is 4.13. The summed E-state index contributed by atoms with van der Waals surface area (Å²) in [6, 6.07) is 0. The Hall–Kier alpha value is -0.400. The molecule has 2 rings (SSSR count). The van der Waals surface area contributed by atoms with Gasteiger partial charge in [0.05, 0.1) is 18.2 Å². The minimum absolute atomic E-state index is 0.0308. The molecule has 0 N–H and O–H groups in total. The number of ether oxygens (including phenoxy) is 2. The fourth-order valence-electron chi connectivity index (χ4n) is 2.26. The Labute approximate surface area is 109 Å². The molecule has 104 valence electrons. The Morgan fingerprint density at radius 3 is 2.72 bits per heavy atom. The number of thiocarbonyl (C=S) groups is 1. The van der Waals surface area contributed by atoms with Gasteiger partial charge in [0.15, 0.2) is 5.60 Å². The highest BCUT2D eigenvalue weighted by Crippen LogP contribution is 2.39. The number of hydrogen-bond acceptors (Lipinski definition) is 3. The summed E-state index contributed by atoms with van der Waals surface area (Å²) in [5.41, 5.74) is -2.12. The molecule has 3 nitrogen and oxygen atoms in total. The van der Waals surface area contributed by atoms with Crippen molar-refractivity contribution in [1.82, 2.24) is 4.90 Å². The summed E-state index contributed by atoms with van der Waals surface area (Å²) >= 11 is 5.11. The number of alkyl halides is 3. The maximum atomic E-state index is 12.9. The van der Waals surface area contributed by atoms with Crippen LogP contribution in [0.3, 0.4) is 0 Å². The summed E-state index contributed by atoms with van der Waals surface area (Å²) in [7, 11) is 0. The van der Waals surface area contributed by atoms with E-state index in [1.807, 2.05) is 4.90 Å². The number of rotatable bonds is 4. The third kappa shape index (κ3) is 2.78. The molecule has 1 atom stereocenters. The van der Waals surface area contributed by atoms with Crippen molar-refractivity contribution in [3.8, 4) is 0 Å². The monoisotopic (exact) mass is 283 g/mol. The van der Waals surface area contributed by atoms with Gasteiger partial charge in [-0.05, 0) is 12.8 Å². The zero-order valence-electron chi connectivity index (χ0n) is 9.96. The van der Waals surface area contributed by atoms with Crippen LogP contribution in [-0.2, 0) is 9.47 Å². The van der Waals surface area contributed by atoms with Gasteiger partial charge in [0.25, 0.3) is 0 Å². The lowest BCUT2D eigenvalue weighted by Crippen LogP contribution is -2.49. The average molecular weight is 283 g/mol. The van der Waals surface area contributed by atoms with Crippen LogP contribution in [0.2, 0.25) is 0 Å². The fraction of sp³-hybridized carbons (Fsp3) is 0.909. The summed E-state index contributed by atoms with van der Waals surface area (Å²) < 4.78 is 48.8. The average Bonchev–Trinajstić information content (AvgIpc) is 2.88. The molecule has 0 saturated carbocycles. The van der Waals surface area contributed by atoms with Crippen molar-refractivity contribution >= 4 is 17.2 Å². The van der Waals surface area contributed by atoms with Gasteiger partial charge in [0.2, 0.25) is 0 Å². The number of halogens is 3. The van der Waals surface area contributed by atoms with E-state index in [4.69, 9.17) is 21.7 Å². The standard InChI is InChI=1S/C11H16F3NO2S/c12-11(13,14)10(3-6-16-8-10)17-7-5-15-4-1-2-9(15)18/h1-8H2. The van der Waals surface area contributed by atoms with E-state index in [0.29, 0.717) is 6.54 Å². The van der Waals surface area contributed by atoms with Gasteiger partial charge >= 0.3 is 6.18 Å². The highest BCUT2D eigenvalue weighted by molar-refractivity contribution is 7.80. The molecule has 0 aliphatic carbocycles. The first-order valence-corrected chi connectivity index (χ1v) is 6.42. The minimum atomic E-state index is -4.38. The number of nitrogens with zero attached hydrogens (tertiary/aromatic N) is 1. The normalized spacial score (nSPS) is 29.3. The lowest BCUT2D eigenvalue weighted by Gasteiger charge is -2.31. The van der Waals surface area contributed by atoms with E-state index in [-0.39, 0.29) is 19.6 Å². The van der Waals surface area contributed by atoms with Crippen molar-refractivity contribution in [2.45, 2.75) is 31.0 Å². The largest absolute Gasteiger partial charge is 0.419 e. The van der Waals surface area contributed by atoms with Crippen LogP contribution in [0.4, 0.5) is 13.2 Å². The molecule has 7 heteroatoms. The highest BCUT2D eigenvalue weighted by Gasteiger charge is 2.58. The van der Waals surface area contributed by atoms with Crippen LogP contribution in [0.15, 0.2) is 0 Å². The molecule has 2 fully saturated rings. The lowest BCUT2D eigenvalue weighted by atomic mass is 10.0. The predicted molar refractivity (Wildman–Crippen MR) is 63.6 cm³/mol. The molecule has 2 saturated heterocycles. The second-order valence-electron chi connectivity index (χ2n) is 4.63. The Morgan fingerprint density at radius 1 is 1.44 bits per heavy atom. The van der Waals surface area contributed by atoms with Gasteiger partial charge in [-0.2, -0.15) is 13.2 Å². The minimum Gasteiger partial charge on any atom is -0.378 e. The summed E-state index contributed by atoms with van der Waals surface area (Å²) in [5.74, 6) is 0. The Balaban J connectivity index is 1.85. The van der Waals surface area contributed by atoms with Gasteiger partial charge in [-0.3, -0.25) is 0 Å². The third-order valence-electron chi connectivity index (χ3n) is 3.41. The molecule has 0 aromatic heterocycles. The lowest BCUT2D eigenvalue weighted by molar-refractivity contribution is -0.275. The molecule has 2 heterocycles. The molecule has 0 aromatic rings. The first kappa shape index (κ1) is 14.0. The summed E-state index contributed by atoms with van der Waals surface area (Å²) in [5, 5.41) is 0. The molecular formula is C11H16F3NO2S. The van der Waals surface area contributed by atoms with Crippen LogP contribution in [0.1, 0.15) is 19.3 Å². The molecule has 1 unspecified atom stereocenters. The summed E-state index contributed by atoms with van der Waals surface area (Å²) in [4.78, 5) is 2.73. The molecule has 0 amide bonds. The van der Waals surface area contributed by atoms with Crippen molar-refractivity contribution in [2.75, 3.05) is 32.9 Å². The van der Waals surface area contributed by atoms with E-state index in [1.165, 1.54) is 0 Å². The molecule has 2 aliphatic rings. The molecule has 18 heavy (non-hydrogen) atoms. The summed E-state index contributed by atoms with van der Waals surface area (Å²) in [6.45, 7) is 0.972. The van der Waals surface area contributed by atoms with Gasteiger partial charge in [-0.15, -0.1) is 0 Å². The van der Waals surface area contributed by atoms with Crippen LogP contribution in [0.25, 0.3) is 0 Å². The van der Waals surface area contributed by atoms with Crippen molar-refractivity contribution in [1.29, 1.82) is 0 Å². The molecule has 0 spiro atoms. The Morgan fingerprint density at radius 2 is 2.22 bits per heavy atom. The van der Waals surface area contributed by atoms with E-state index < -0.39 is 18.4 Å². The smallest absolute Gasteiger partial charge is 0.378 e. The fourth-order valence-corrected chi connectivity index (χ4v) is 2.58. The van der Waals surface area contributed by atoms with Gasteiger partial charge in [0, 0.05) is 26.1 Å². The maximum Gasteiger partial charge on any atom is 0.419 e. The SMILES string of the molecule is FC(F)(F)C1(OCCN2CCCC2=S)CCOC1. The van der Waals surface area contributed by atoms with Crippen molar-refractivity contribution in [3.63, 3.8) is 0 Å². The predicted octanol–water partition coefficient (Wildman–Crippen LogP) is 2.15. The van der Waals surface area contributed by atoms with E-state index in [1.54, 1.807) is 0 Å². The van der Waals surface area contributed by atoms with Crippen molar-refractivity contribution in [2.24, 2.45) is 0 Å². The first-order chi connectivity index (χ1) is 8.45. The van der Waals surface area contributed by atoms with Crippen LogP contribution in [-0.4, -0.2) is 54.6 Å². The van der Waals surface area contributed by atoms with Crippen LogP contribution >= 0.6 is 12.2 Å². The zero-order chi connectivity index (χ0) is 13.2. The van der Waals surface area contributed by atoms with Crippen LogP contribution in [0.5, 0.6) is 0 Å². The zero-order valence-corrected chi connectivity index (χ0v) is 10.8. The molecule has 2 aliphatic heterocycles. The van der Waals surface area contributed by atoms with Crippen LogP contribution in [0, 0.1) is 0 Å². The van der Waals surface area contributed by atoms with E-state index in [9.17, 15) is 13.2 Å². The highest BCUT2D eigenvalue weighted by atomic mass is 32.1. The molecule has 0 bridgehead atoms.